The molecular formula is C13H8ClFN2O. The van der Waals surface area contributed by atoms with Crippen LogP contribution in [0.1, 0.15) is 0 Å². The molecule has 5 heteroatoms. The molecule has 90 valence electrons. The Morgan fingerprint density at radius 3 is 2.61 bits per heavy atom. The molecule has 0 bridgehead atoms. The normalized spacial score (nSPS) is 11.0. The molecule has 18 heavy (non-hydrogen) atoms. The van der Waals surface area contributed by atoms with Crippen LogP contribution in [0, 0.1) is 5.82 Å². The zero-order chi connectivity index (χ0) is 12.7. The van der Waals surface area contributed by atoms with Crippen molar-refractivity contribution in [3.63, 3.8) is 0 Å². The van der Waals surface area contributed by atoms with E-state index in [4.69, 9.17) is 11.6 Å². The average molecular weight is 263 g/mol. The standard InChI is InChI=1S/C13H8ClFN2O/c14-10-6-12-9(5-11(10)15)13(17-16-12)7-1-3-8(18)4-2-7/h1-6,18H,(H,16,17). The van der Waals surface area contributed by atoms with Gasteiger partial charge in [-0.3, -0.25) is 5.10 Å². The van der Waals surface area contributed by atoms with Gasteiger partial charge in [-0.05, 0) is 36.4 Å². The number of aromatic nitrogens is 2. The number of nitrogens with one attached hydrogen (secondary N) is 1. The number of H-pyrrole nitrogens is 1. The number of fused-ring (bicyclic) bond motifs is 1. The fourth-order valence-electron chi connectivity index (χ4n) is 1.85. The Morgan fingerprint density at radius 2 is 1.89 bits per heavy atom. The molecule has 0 atom stereocenters. The quantitative estimate of drug-likeness (QED) is 0.702. The summed E-state index contributed by atoms with van der Waals surface area (Å²) in [6, 6.07) is 9.41. The summed E-state index contributed by atoms with van der Waals surface area (Å²) in [7, 11) is 0. The number of phenols is 1. The van der Waals surface area contributed by atoms with Crippen LogP contribution < -0.4 is 0 Å². The number of nitrogens with zero attached hydrogens (tertiary/aromatic N) is 1. The van der Waals surface area contributed by atoms with Gasteiger partial charge in [0, 0.05) is 10.9 Å². The fourth-order valence-corrected chi connectivity index (χ4v) is 2.01. The van der Waals surface area contributed by atoms with Gasteiger partial charge in [0.2, 0.25) is 0 Å². The molecule has 0 saturated carbocycles. The van der Waals surface area contributed by atoms with Gasteiger partial charge in [-0.1, -0.05) is 11.6 Å². The molecule has 0 aliphatic carbocycles. The minimum absolute atomic E-state index is 0.0587. The van der Waals surface area contributed by atoms with Crippen LogP contribution in [-0.2, 0) is 0 Å². The number of hydrogen-bond acceptors (Lipinski definition) is 2. The lowest BCUT2D eigenvalue weighted by molar-refractivity contribution is 0.475. The second-order valence-electron chi connectivity index (χ2n) is 3.93. The SMILES string of the molecule is Oc1ccc(-c2n[nH]c3cc(Cl)c(F)cc23)cc1. The van der Waals surface area contributed by atoms with Crippen LogP contribution >= 0.6 is 11.6 Å². The summed E-state index contributed by atoms with van der Waals surface area (Å²) in [5, 5.41) is 16.9. The summed E-state index contributed by atoms with van der Waals surface area (Å²) in [4.78, 5) is 0. The number of aromatic amines is 1. The summed E-state index contributed by atoms with van der Waals surface area (Å²) in [6.07, 6.45) is 0. The number of benzene rings is 2. The summed E-state index contributed by atoms with van der Waals surface area (Å²) >= 11 is 5.71. The first-order valence-corrected chi connectivity index (χ1v) is 5.65. The molecule has 0 spiro atoms. The molecule has 0 fully saturated rings. The Labute approximate surface area is 107 Å². The molecule has 3 nitrogen and oxygen atoms in total. The van der Waals surface area contributed by atoms with E-state index in [9.17, 15) is 9.50 Å². The van der Waals surface area contributed by atoms with E-state index in [-0.39, 0.29) is 10.8 Å². The molecule has 3 aromatic rings. The smallest absolute Gasteiger partial charge is 0.142 e. The van der Waals surface area contributed by atoms with Crippen LogP contribution in [0.2, 0.25) is 5.02 Å². The van der Waals surface area contributed by atoms with Crippen LogP contribution in [0.3, 0.4) is 0 Å². The third kappa shape index (κ3) is 1.71. The van der Waals surface area contributed by atoms with Gasteiger partial charge in [-0.2, -0.15) is 5.10 Å². The largest absolute Gasteiger partial charge is 0.508 e. The van der Waals surface area contributed by atoms with Gasteiger partial charge in [-0.25, -0.2) is 4.39 Å². The monoisotopic (exact) mass is 262 g/mol. The predicted octanol–water partition coefficient (Wildman–Crippen LogP) is 3.73. The van der Waals surface area contributed by atoms with Crippen molar-refractivity contribution < 1.29 is 9.50 Å². The molecule has 2 aromatic carbocycles. The first kappa shape index (κ1) is 11.0. The Hall–Kier alpha value is -2.07. The second-order valence-corrected chi connectivity index (χ2v) is 4.34. The Bertz CT molecular complexity index is 722. The van der Waals surface area contributed by atoms with E-state index in [0.29, 0.717) is 16.6 Å². The van der Waals surface area contributed by atoms with Gasteiger partial charge < -0.3 is 5.11 Å². The van der Waals surface area contributed by atoms with Crippen molar-refractivity contribution in [1.29, 1.82) is 0 Å². The zero-order valence-electron chi connectivity index (χ0n) is 9.11. The van der Waals surface area contributed by atoms with Crippen molar-refractivity contribution in [2.45, 2.75) is 0 Å². The van der Waals surface area contributed by atoms with Crippen molar-refractivity contribution >= 4 is 22.5 Å². The minimum Gasteiger partial charge on any atom is -0.508 e. The Morgan fingerprint density at radius 1 is 1.17 bits per heavy atom. The number of phenolic OH excluding ortho intramolecular Hbond substituents is 1. The van der Waals surface area contributed by atoms with Crippen molar-refractivity contribution in [3.8, 4) is 17.0 Å². The topological polar surface area (TPSA) is 48.9 Å². The van der Waals surface area contributed by atoms with Gasteiger partial charge in [0.05, 0.1) is 10.5 Å². The third-order valence-electron chi connectivity index (χ3n) is 2.74. The van der Waals surface area contributed by atoms with Gasteiger partial charge in [-0.15, -0.1) is 0 Å². The molecule has 0 unspecified atom stereocenters. The van der Waals surface area contributed by atoms with Gasteiger partial charge in [0.25, 0.3) is 0 Å². The molecular weight excluding hydrogens is 255 g/mol. The first-order chi connectivity index (χ1) is 8.65. The number of hydrogen-bond donors (Lipinski definition) is 2. The maximum absolute atomic E-state index is 13.5. The average Bonchev–Trinajstić information content (AvgIpc) is 2.74. The van der Waals surface area contributed by atoms with E-state index in [1.165, 1.54) is 12.1 Å². The number of halogens is 2. The summed E-state index contributed by atoms with van der Waals surface area (Å²) < 4.78 is 13.5. The molecule has 0 aliphatic heterocycles. The lowest BCUT2D eigenvalue weighted by Gasteiger charge is -1.99. The highest BCUT2D eigenvalue weighted by atomic mass is 35.5. The molecule has 0 amide bonds. The highest BCUT2D eigenvalue weighted by Gasteiger charge is 2.11. The van der Waals surface area contributed by atoms with Crippen LogP contribution in [0.15, 0.2) is 36.4 Å². The van der Waals surface area contributed by atoms with E-state index in [1.807, 2.05) is 0 Å². The van der Waals surface area contributed by atoms with Crippen molar-refractivity contribution in [2.24, 2.45) is 0 Å². The highest BCUT2D eigenvalue weighted by Crippen LogP contribution is 2.30. The summed E-state index contributed by atoms with van der Waals surface area (Å²) in [5.74, 6) is -0.307. The molecule has 0 aliphatic rings. The van der Waals surface area contributed by atoms with E-state index < -0.39 is 5.82 Å². The van der Waals surface area contributed by atoms with Gasteiger partial charge in [0.15, 0.2) is 0 Å². The lowest BCUT2D eigenvalue weighted by Crippen LogP contribution is -1.80. The van der Waals surface area contributed by atoms with Crippen molar-refractivity contribution in [2.75, 3.05) is 0 Å². The fraction of sp³-hybridized carbons (Fsp3) is 0. The van der Waals surface area contributed by atoms with E-state index in [0.717, 1.165) is 5.56 Å². The van der Waals surface area contributed by atoms with Crippen molar-refractivity contribution in [1.82, 2.24) is 10.2 Å². The zero-order valence-corrected chi connectivity index (χ0v) is 9.87. The van der Waals surface area contributed by atoms with E-state index in [1.54, 1.807) is 24.3 Å². The van der Waals surface area contributed by atoms with Gasteiger partial charge >= 0.3 is 0 Å². The molecule has 0 saturated heterocycles. The maximum Gasteiger partial charge on any atom is 0.142 e. The number of aromatic hydroxyl groups is 1. The summed E-state index contributed by atoms with van der Waals surface area (Å²) in [6.45, 7) is 0. The minimum atomic E-state index is -0.481. The van der Waals surface area contributed by atoms with E-state index >= 15 is 0 Å². The van der Waals surface area contributed by atoms with E-state index in [2.05, 4.69) is 10.2 Å². The molecule has 0 radical (unpaired) electrons. The van der Waals surface area contributed by atoms with Crippen LogP contribution in [0.5, 0.6) is 5.75 Å². The lowest BCUT2D eigenvalue weighted by atomic mass is 10.1. The molecule has 2 N–H and O–H groups in total. The highest BCUT2D eigenvalue weighted by molar-refractivity contribution is 6.31. The molecule has 3 rings (SSSR count). The Balaban J connectivity index is 2.23. The second kappa shape index (κ2) is 3.99. The van der Waals surface area contributed by atoms with Crippen LogP contribution in [-0.4, -0.2) is 15.3 Å². The van der Waals surface area contributed by atoms with Crippen LogP contribution in [0.4, 0.5) is 4.39 Å². The van der Waals surface area contributed by atoms with Crippen molar-refractivity contribution in [3.05, 3.63) is 47.2 Å². The van der Waals surface area contributed by atoms with Crippen LogP contribution in [0.25, 0.3) is 22.2 Å². The molecule has 1 aromatic heterocycles. The summed E-state index contributed by atoms with van der Waals surface area (Å²) in [5.41, 5.74) is 2.09. The first-order valence-electron chi connectivity index (χ1n) is 5.27. The maximum atomic E-state index is 13.5. The van der Waals surface area contributed by atoms with Gasteiger partial charge in [0.1, 0.15) is 17.3 Å². The number of rotatable bonds is 1. The predicted molar refractivity (Wildman–Crippen MR) is 68.2 cm³/mol. The Kier molecular flexibility index (Phi) is 2.45. The third-order valence-corrected chi connectivity index (χ3v) is 3.03. The molecule has 1 heterocycles.